The van der Waals surface area contributed by atoms with Crippen molar-refractivity contribution in [1.82, 2.24) is 0 Å². The second-order valence-corrected chi connectivity index (χ2v) is 8.19. The lowest BCUT2D eigenvalue weighted by Gasteiger charge is -2.31. The molecule has 2 aromatic carbocycles. The van der Waals surface area contributed by atoms with Gasteiger partial charge in [0.1, 0.15) is 23.8 Å². The molecule has 0 radical (unpaired) electrons. The number of rotatable bonds is 4. The number of nitrogens with two attached hydrogens (primary N) is 1. The number of aryl methyl sites for hydroxylation is 2. The van der Waals surface area contributed by atoms with Crippen molar-refractivity contribution in [2.24, 2.45) is 5.73 Å². The van der Waals surface area contributed by atoms with Gasteiger partial charge in [-0.15, -0.1) is 0 Å². The number of halogens is 1. The van der Waals surface area contributed by atoms with Gasteiger partial charge in [0.15, 0.2) is 0 Å². The van der Waals surface area contributed by atoms with Gasteiger partial charge in [0.05, 0.1) is 0 Å². The van der Waals surface area contributed by atoms with Gasteiger partial charge in [0.2, 0.25) is 0 Å². The maximum absolute atomic E-state index is 14.3. The normalized spacial score (nSPS) is 20.8. The van der Waals surface area contributed by atoms with Crippen molar-refractivity contribution >= 4 is 0 Å². The second kappa shape index (κ2) is 7.47. The first-order valence-electron chi connectivity index (χ1n) is 9.99. The average molecular weight is 385 g/mol. The summed E-state index contributed by atoms with van der Waals surface area (Å²) in [5, 5.41) is 10.6. The molecular formula is C23H28FNO3. The first-order valence-corrected chi connectivity index (χ1v) is 9.99. The Morgan fingerprint density at radius 1 is 1.21 bits per heavy atom. The van der Waals surface area contributed by atoms with Crippen LogP contribution in [-0.2, 0) is 11.2 Å². The number of hydrogen-bond donors (Lipinski definition) is 2. The molecule has 2 aromatic rings. The van der Waals surface area contributed by atoms with Gasteiger partial charge in [-0.3, -0.25) is 0 Å². The van der Waals surface area contributed by atoms with E-state index in [4.69, 9.17) is 15.2 Å². The molecule has 0 saturated carbocycles. The molecule has 4 nitrogen and oxygen atoms in total. The predicted octanol–water partition coefficient (Wildman–Crippen LogP) is 3.98. The molecule has 1 aliphatic carbocycles. The summed E-state index contributed by atoms with van der Waals surface area (Å²) in [6, 6.07) is 7.17. The lowest BCUT2D eigenvalue weighted by molar-refractivity contribution is -0.0855. The molecule has 0 spiro atoms. The highest BCUT2D eigenvalue weighted by Gasteiger charge is 2.31. The highest BCUT2D eigenvalue weighted by molar-refractivity contribution is 5.76. The third-order valence-electron chi connectivity index (χ3n) is 6.09. The van der Waals surface area contributed by atoms with Gasteiger partial charge in [-0.25, -0.2) is 4.39 Å². The van der Waals surface area contributed by atoms with Crippen LogP contribution in [0.15, 0.2) is 24.3 Å². The van der Waals surface area contributed by atoms with Crippen molar-refractivity contribution in [3.8, 4) is 16.9 Å². The van der Waals surface area contributed by atoms with Crippen LogP contribution in [0.3, 0.4) is 0 Å². The molecule has 1 atom stereocenters. The standard InChI is InChI=1S/C23H28FNO3/c1-14-11-16(28-13-23(26)7-9-27-10-8-23)12-15(2)21(14)17-3-5-19(24)22-18(17)4-6-20(22)25/h3,5,11-12,20,26H,4,6-10,13,25H2,1-2H3/t20-/m1/s1. The second-order valence-electron chi connectivity index (χ2n) is 8.19. The van der Waals surface area contributed by atoms with E-state index in [-0.39, 0.29) is 18.5 Å². The van der Waals surface area contributed by atoms with Crippen molar-refractivity contribution in [2.75, 3.05) is 19.8 Å². The Bertz CT molecular complexity index is 867. The van der Waals surface area contributed by atoms with E-state index in [9.17, 15) is 9.50 Å². The highest BCUT2D eigenvalue weighted by Crippen LogP contribution is 2.41. The van der Waals surface area contributed by atoms with E-state index < -0.39 is 5.60 Å². The third-order valence-corrected chi connectivity index (χ3v) is 6.09. The zero-order chi connectivity index (χ0) is 19.9. The topological polar surface area (TPSA) is 64.7 Å². The average Bonchev–Trinajstić information content (AvgIpc) is 3.05. The first kappa shape index (κ1) is 19.4. The SMILES string of the molecule is Cc1cc(OCC2(O)CCOCC2)cc(C)c1-c1ccc(F)c2c1CC[C@H]2N. The summed E-state index contributed by atoms with van der Waals surface area (Å²) < 4.78 is 25.5. The third kappa shape index (κ3) is 3.54. The Kier molecular flexibility index (Phi) is 5.17. The zero-order valence-corrected chi connectivity index (χ0v) is 16.6. The van der Waals surface area contributed by atoms with E-state index in [2.05, 4.69) is 0 Å². The smallest absolute Gasteiger partial charge is 0.128 e. The Balaban J connectivity index is 1.62. The number of hydrogen-bond acceptors (Lipinski definition) is 4. The van der Waals surface area contributed by atoms with Crippen LogP contribution >= 0.6 is 0 Å². The molecular weight excluding hydrogens is 357 g/mol. The van der Waals surface area contributed by atoms with Crippen molar-refractivity contribution in [1.29, 1.82) is 0 Å². The molecule has 3 N–H and O–H groups in total. The fourth-order valence-electron chi connectivity index (χ4n) is 4.53. The van der Waals surface area contributed by atoms with Crippen LogP contribution in [0.4, 0.5) is 4.39 Å². The summed E-state index contributed by atoms with van der Waals surface area (Å²) in [5.74, 6) is 0.540. The van der Waals surface area contributed by atoms with Gasteiger partial charge in [0.25, 0.3) is 0 Å². The molecule has 4 rings (SSSR count). The number of benzene rings is 2. The maximum Gasteiger partial charge on any atom is 0.128 e. The molecule has 1 saturated heterocycles. The maximum atomic E-state index is 14.3. The molecule has 28 heavy (non-hydrogen) atoms. The number of ether oxygens (including phenoxy) is 2. The fourth-order valence-corrected chi connectivity index (χ4v) is 4.53. The van der Waals surface area contributed by atoms with E-state index >= 15 is 0 Å². The summed E-state index contributed by atoms with van der Waals surface area (Å²) in [7, 11) is 0. The van der Waals surface area contributed by atoms with Gasteiger partial charge in [-0.2, -0.15) is 0 Å². The van der Waals surface area contributed by atoms with Crippen LogP contribution in [0.25, 0.3) is 11.1 Å². The molecule has 0 aromatic heterocycles. The number of fused-ring (bicyclic) bond motifs is 1. The molecule has 0 amide bonds. The summed E-state index contributed by atoms with van der Waals surface area (Å²) in [5.41, 5.74) is 11.3. The van der Waals surface area contributed by atoms with E-state index in [0.29, 0.717) is 31.6 Å². The molecule has 1 aliphatic heterocycles. The van der Waals surface area contributed by atoms with Crippen LogP contribution in [0.2, 0.25) is 0 Å². The monoisotopic (exact) mass is 385 g/mol. The first-order chi connectivity index (χ1) is 13.4. The zero-order valence-electron chi connectivity index (χ0n) is 16.6. The lowest BCUT2D eigenvalue weighted by atomic mass is 9.90. The minimum Gasteiger partial charge on any atom is -0.491 e. The van der Waals surface area contributed by atoms with E-state index in [1.807, 2.05) is 32.0 Å². The van der Waals surface area contributed by atoms with Crippen LogP contribution in [0.1, 0.15) is 47.6 Å². The molecule has 0 unspecified atom stereocenters. The van der Waals surface area contributed by atoms with Gasteiger partial charge < -0.3 is 20.3 Å². The minimum atomic E-state index is -0.827. The lowest BCUT2D eigenvalue weighted by Crippen LogP contribution is -2.41. The van der Waals surface area contributed by atoms with Crippen LogP contribution in [0, 0.1) is 19.7 Å². The van der Waals surface area contributed by atoms with Crippen molar-refractivity contribution in [3.63, 3.8) is 0 Å². The summed E-state index contributed by atoms with van der Waals surface area (Å²) in [6.07, 6.45) is 2.76. The van der Waals surface area contributed by atoms with Gasteiger partial charge >= 0.3 is 0 Å². The molecule has 2 aliphatic rings. The van der Waals surface area contributed by atoms with Crippen molar-refractivity contribution in [2.45, 2.75) is 51.2 Å². The van der Waals surface area contributed by atoms with Crippen LogP contribution in [-0.4, -0.2) is 30.5 Å². The van der Waals surface area contributed by atoms with Gasteiger partial charge in [-0.1, -0.05) is 6.07 Å². The predicted molar refractivity (Wildman–Crippen MR) is 107 cm³/mol. The van der Waals surface area contributed by atoms with E-state index in [1.165, 1.54) is 6.07 Å². The van der Waals surface area contributed by atoms with Gasteiger partial charge in [0, 0.05) is 37.7 Å². The highest BCUT2D eigenvalue weighted by atomic mass is 19.1. The van der Waals surface area contributed by atoms with Crippen molar-refractivity contribution < 1.29 is 19.0 Å². The van der Waals surface area contributed by atoms with Crippen LogP contribution in [0.5, 0.6) is 5.75 Å². The molecule has 150 valence electrons. The Morgan fingerprint density at radius 3 is 2.57 bits per heavy atom. The molecule has 0 bridgehead atoms. The minimum absolute atomic E-state index is 0.205. The fraction of sp³-hybridized carbons (Fsp3) is 0.478. The van der Waals surface area contributed by atoms with Crippen molar-refractivity contribution in [3.05, 3.63) is 52.3 Å². The van der Waals surface area contributed by atoms with E-state index in [0.717, 1.165) is 46.4 Å². The Morgan fingerprint density at radius 2 is 1.89 bits per heavy atom. The largest absolute Gasteiger partial charge is 0.491 e. The van der Waals surface area contributed by atoms with Gasteiger partial charge in [-0.05, 0) is 72.7 Å². The quantitative estimate of drug-likeness (QED) is 0.836. The van der Waals surface area contributed by atoms with E-state index in [1.54, 1.807) is 0 Å². The summed E-state index contributed by atoms with van der Waals surface area (Å²) in [4.78, 5) is 0. The summed E-state index contributed by atoms with van der Waals surface area (Å²) in [6.45, 7) is 5.48. The molecule has 1 fully saturated rings. The molecule has 1 heterocycles. The summed E-state index contributed by atoms with van der Waals surface area (Å²) >= 11 is 0. The van der Waals surface area contributed by atoms with Crippen LogP contribution < -0.4 is 10.5 Å². The molecule has 5 heteroatoms. The Hall–Kier alpha value is -1.95. The Labute approximate surface area is 165 Å². The number of aliphatic hydroxyl groups is 1.